The summed E-state index contributed by atoms with van der Waals surface area (Å²) in [6.07, 6.45) is 4.30. The van der Waals surface area contributed by atoms with E-state index in [0.29, 0.717) is 11.4 Å². The van der Waals surface area contributed by atoms with Gasteiger partial charge in [0.1, 0.15) is 0 Å². The van der Waals surface area contributed by atoms with Gasteiger partial charge in [-0.1, -0.05) is 67.4 Å². The Morgan fingerprint density at radius 3 is 2.39 bits per heavy atom. The first-order valence-corrected chi connectivity index (χ1v) is 11.2. The summed E-state index contributed by atoms with van der Waals surface area (Å²) in [7, 11) is -3.77. The molecule has 0 fully saturated rings. The zero-order valence-electron chi connectivity index (χ0n) is 16.5. The number of aliphatic hydroxyl groups is 1. The molecule has 0 heterocycles. The molecule has 0 aliphatic rings. The Labute approximate surface area is 173 Å². The summed E-state index contributed by atoms with van der Waals surface area (Å²) >= 11 is 5.90. The maximum Gasteiger partial charge on any atom is 0.243 e. The van der Waals surface area contributed by atoms with Crippen LogP contribution in [0.2, 0.25) is 5.02 Å². The third-order valence-electron chi connectivity index (χ3n) is 4.42. The number of nitrogens with zero attached hydrogens (tertiary/aromatic N) is 1. The van der Waals surface area contributed by atoms with Gasteiger partial charge in [-0.3, -0.25) is 0 Å². The Balaban J connectivity index is 2.34. The fourth-order valence-corrected chi connectivity index (χ4v) is 4.78. The van der Waals surface area contributed by atoms with Crippen LogP contribution < -0.4 is 0 Å². The molecule has 1 N–H and O–H groups in total. The average Bonchev–Trinajstić information content (AvgIpc) is 2.64. The van der Waals surface area contributed by atoms with Crippen LogP contribution in [0, 0.1) is 12.8 Å². The molecule has 0 saturated heterocycles. The number of aliphatic hydroxyl groups excluding tert-OH is 1. The maximum atomic E-state index is 13.3. The molecule has 0 saturated carbocycles. The molecule has 2 aromatic rings. The van der Waals surface area contributed by atoms with E-state index in [9.17, 15) is 13.5 Å². The molecule has 2 rings (SSSR count). The van der Waals surface area contributed by atoms with Gasteiger partial charge in [-0.25, -0.2) is 8.42 Å². The number of rotatable bonds is 9. The third kappa shape index (κ3) is 6.17. The van der Waals surface area contributed by atoms with Gasteiger partial charge in [0.25, 0.3) is 0 Å². The van der Waals surface area contributed by atoms with Crippen molar-refractivity contribution >= 4 is 27.7 Å². The standard InChI is InChI=1S/C22H28ClNO3S/c1-17(2)14-21(16-25)24(13-5-8-19-7-4-6-18(3)15-19)28(26,27)22-11-9-20(23)10-12-22/h4-12,15,17,21,25H,13-14,16H2,1-3H3/b8-5+/t21-/m1/s1. The molecule has 0 aromatic heterocycles. The highest BCUT2D eigenvalue weighted by Crippen LogP contribution is 2.23. The zero-order valence-corrected chi connectivity index (χ0v) is 18.1. The van der Waals surface area contributed by atoms with Crippen molar-refractivity contribution in [1.29, 1.82) is 0 Å². The molecule has 2 aromatic carbocycles. The van der Waals surface area contributed by atoms with Crippen LogP contribution in [-0.2, 0) is 10.0 Å². The molecule has 0 spiro atoms. The van der Waals surface area contributed by atoms with Crippen molar-refractivity contribution in [3.05, 3.63) is 70.8 Å². The van der Waals surface area contributed by atoms with E-state index in [4.69, 9.17) is 11.6 Å². The highest BCUT2D eigenvalue weighted by molar-refractivity contribution is 7.89. The molecule has 0 amide bonds. The predicted octanol–water partition coefficient (Wildman–Crippen LogP) is 4.76. The lowest BCUT2D eigenvalue weighted by Gasteiger charge is -2.30. The molecule has 1 atom stereocenters. The molecule has 0 unspecified atom stereocenters. The minimum atomic E-state index is -3.77. The molecule has 0 aliphatic heterocycles. The summed E-state index contributed by atoms with van der Waals surface area (Å²) in [5.74, 6) is 0.251. The van der Waals surface area contributed by atoms with Crippen molar-refractivity contribution in [3.63, 3.8) is 0 Å². The monoisotopic (exact) mass is 421 g/mol. The van der Waals surface area contributed by atoms with E-state index in [1.165, 1.54) is 16.4 Å². The summed E-state index contributed by atoms with van der Waals surface area (Å²) in [6, 6.07) is 13.6. The number of hydrogen-bond donors (Lipinski definition) is 1. The van der Waals surface area contributed by atoms with E-state index in [2.05, 4.69) is 0 Å². The number of benzene rings is 2. The van der Waals surface area contributed by atoms with Crippen LogP contribution in [0.1, 0.15) is 31.4 Å². The predicted molar refractivity (Wildman–Crippen MR) is 116 cm³/mol. The van der Waals surface area contributed by atoms with Gasteiger partial charge < -0.3 is 5.11 Å². The van der Waals surface area contributed by atoms with Crippen LogP contribution >= 0.6 is 11.6 Å². The molecule has 0 aliphatic carbocycles. The van der Waals surface area contributed by atoms with Crippen LogP contribution in [0.25, 0.3) is 6.08 Å². The van der Waals surface area contributed by atoms with Crippen LogP contribution in [0.5, 0.6) is 0 Å². The molecule has 28 heavy (non-hydrogen) atoms. The fourth-order valence-electron chi connectivity index (χ4n) is 3.08. The minimum absolute atomic E-state index is 0.170. The SMILES string of the molecule is Cc1cccc(/C=C/CN([C@@H](CO)CC(C)C)S(=O)(=O)c2ccc(Cl)cc2)c1. The molecule has 152 valence electrons. The molecule has 0 bridgehead atoms. The summed E-state index contributed by atoms with van der Waals surface area (Å²) in [5.41, 5.74) is 2.15. The topological polar surface area (TPSA) is 57.6 Å². The second-order valence-corrected chi connectivity index (χ2v) is 9.64. The lowest BCUT2D eigenvalue weighted by atomic mass is 10.0. The quantitative estimate of drug-likeness (QED) is 0.635. The Morgan fingerprint density at radius 1 is 1.14 bits per heavy atom. The van der Waals surface area contributed by atoms with E-state index < -0.39 is 16.1 Å². The van der Waals surface area contributed by atoms with E-state index >= 15 is 0 Å². The van der Waals surface area contributed by atoms with Crippen molar-refractivity contribution in [3.8, 4) is 0 Å². The third-order valence-corrected chi connectivity index (χ3v) is 6.60. The normalized spacial score (nSPS) is 13.5. The van der Waals surface area contributed by atoms with Gasteiger partial charge in [-0.05, 0) is 49.1 Å². The van der Waals surface area contributed by atoms with Crippen LogP contribution in [-0.4, -0.2) is 37.0 Å². The Bertz CT molecular complexity index is 892. The van der Waals surface area contributed by atoms with Crippen molar-refractivity contribution < 1.29 is 13.5 Å². The van der Waals surface area contributed by atoms with E-state index in [1.807, 2.05) is 57.2 Å². The van der Waals surface area contributed by atoms with Gasteiger partial charge in [-0.2, -0.15) is 4.31 Å². The summed E-state index contributed by atoms with van der Waals surface area (Å²) in [6.45, 7) is 5.98. The molecule has 4 nitrogen and oxygen atoms in total. The van der Waals surface area contributed by atoms with Crippen LogP contribution in [0.15, 0.2) is 59.5 Å². The number of hydrogen-bond acceptors (Lipinski definition) is 3. The Morgan fingerprint density at radius 2 is 1.82 bits per heavy atom. The Kier molecular flexibility index (Phi) is 8.25. The average molecular weight is 422 g/mol. The van der Waals surface area contributed by atoms with E-state index in [1.54, 1.807) is 12.1 Å². The summed E-state index contributed by atoms with van der Waals surface area (Å²) in [4.78, 5) is 0.170. The fraction of sp³-hybridized carbons (Fsp3) is 0.364. The first-order chi connectivity index (χ1) is 13.2. The maximum absolute atomic E-state index is 13.3. The molecule has 6 heteroatoms. The highest BCUT2D eigenvalue weighted by atomic mass is 35.5. The van der Waals surface area contributed by atoms with E-state index in [0.717, 1.165) is 11.1 Å². The second kappa shape index (κ2) is 10.2. The van der Waals surface area contributed by atoms with E-state index in [-0.39, 0.29) is 24.0 Å². The summed E-state index contributed by atoms with van der Waals surface area (Å²) < 4.78 is 27.9. The lowest BCUT2D eigenvalue weighted by Crippen LogP contribution is -2.43. The van der Waals surface area contributed by atoms with Crippen molar-refractivity contribution in [2.24, 2.45) is 5.92 Å². The van der Waals surface area contributed by atoms with Crippen LogP contribution in [0.3, 0.4) is 0 Å². The van der Waals surface area contributed by atoms with Gasteiger partial charge in [-0.15, -0.1) is 0 Å². The first-order valence-electron chi connectivity index (χ1n) is 9.35. The van der Waals surface area contributed by atoms with Gasteiger partial charge in [0.2, 0.25) is 10.0 Å². The largest absolute Gasteiger partial charge is 0.395 e. The smallest absolute Gasteiger partial charge is 0.243 e. The van der Waals surface area contributed by atoms with Gasteiger partial charge in [0.15, 0.2) is 0 Å². The van der Waals surface area contributed by atoms with Crippen molar-refractivity contribution in [2.75, 3.05) is 13.2 Å². The minimum Gasteiger partial charge on any atom is -0.395 e. The number of sulfonamides is 1. The van der Waals surface area contributed by atoms with Gasteiger partial charge in [0, 0.05) is 17.6 Å². The van der Waals surface area contributed by atoms with Crippen molar-refractivity contribution in [2.45, 2.75) is 38.1 Å². The summed E-state index contributed by atoms with van der Waals surface area (Å²) in [5, 5.41) is 10.4. The zero-order chi connectivity index (χ0) is 20.7. The van der Waals surface area contributed by atoms with Gasteiger partial charge >= 0.3 is 0 Å². The lowest BCUT2D eigenvalue weighted by molar-refractivity contribution is 0.175. The number of aryl methyl sites for hydroxylation is 1. The molecular weight excluding hydrogens is 394 g/mol. The van der Waals surface area contributed by atoms with Crippen LogP contribution in [0.4, 0.5) is 0 Å². The highest BCUT2D eigenvalue weighted by Gasteiger charge is 2.30. The Hall–Kier alpha value is -1.66. The molecule has 0 radical (unpaired) electrons. The van der Waals surface area contributed by atoms with Gasteiger partial charge in [0.05, 0.1) is 11.5 Å². The first kappa shape index (κ1) is 22.6. The molecular formula is C22H28ClNO3S. The second-order valence-electron chi connectivity index (χ2n) is 7.31. The van der Waals surface area contributed by atoms with Crippen molar-refractivity contribution in [1.82, 2.24) is 4.31 Å². The number of halogens is 1.